The third-order valence-corrected chi connectivity index (χ3v) is 2.77. The summed E-state index contributed by atoms with van der Waals surface area (Å²) >= 11 is 0. The second-order valence-electron chi connectivity index (χ2n) is 4.24. The van der Waals surface area contributed by atoms with Crippen molar-refractivity contribution in [3.05, 3.63) is 53.7 Å². The number of hydrogen-bond donors (Lipinski definition) is 1. The van der Waals surface area contributed by atoms with Gasteiger partial charge in [0.1, 0.15) is 11.5 Å². The summed E-state index contributed by atoms with van der Waals surface area (Å²) < 4.78 is 5.57. The monoisotopic (exact) mass is 230 g/mol. The van der Waals surface area contributed by atoms with Crippen LogP contribution in [0.4, 0.5) is 0 Å². The van der Waals surface area contributed by atoms with Gasteiger partial charge in [0.2, 0.25) is 0 Å². The first-order chi connectivity index (χ1) is 8.25. The van der Waals surface area contributed by atoms with Gasteiger partial charge in [-0.3, -0.25) is 4.98 Å². The number of pyridine rings is 1. The van der Waals surface area contributed by atoms with Gasteiger partial charge in [0.05, 0.1) is 6.04 Å². The molecule has 3 nitrogen and oxygen atoms in total. The van der Waals surface area contributed by atoms with Gasteiger partial charge in [-0.15, -0.1) is 0 Å². The zero-order valence-electron chi connectivity index (χ0n) is 10.3. The third-order valence-electron chi connectivity index (χ3n) is 2.77. The van der Waals surface area contributed by atoms with E-state index >= 15 is 0 Å². The molecular formula is C14H18N2O. The van der Waals surface area contributed by atoms with Crippen molar-refractivity contribution in [2.45, 2.75) is 26.3 Å². The van der Waals surface area contributed by atoms with E-state index in [2.05, 4.69) is 23.3 Å². The molecule has 0 saturated heterocycles. The fourth-order valence-corrected chi connectivity index (χ4v) is 1.77. The maximum absolute atomic E-state index is 5.57. The van der Waals surface area contributed by atoms with Crippen LogP contribution in [0.1, 0.15) is 30.0 Å². The molecule has 0 aliphatic heterocycles. The Kier molecular flexibility index (Phi) is 3.94. The van der Waals surface area contributed by atoms with Gasteiger partial charge in [-0.1, -0.05) is 6.07 Å². The second-order valence-corrected chi connectivity index (χ2v) is 4.24. The molecule has 2 aromatic heterocycles. The average Bonchev–Trinajstić information content (AvgIpc) is 2.77. The summed E-state index contributed by atoms with van der Waals surface area (Å²) in [6.07, 6.45) is 4.69. The van der Waals surface area contributed by atoms with E-state index in [-0.39, 0.29) is 6.04 Å². The second kappa shape index (κ2) is 5.64. The number of hydrogen-bond acceptors (Lipinski definition) is 3. The van der Waals surface area contributed by atoms with Crippen molar-refractivity contribution in [3.8, 4) is 0 Å². The highest BCUT2D eigenvalue weighted by Gasteiger charge is 2.07. The van der Waals surface area contributed by atoms with Gasteiger partial charge in [0.25, 0.3) is 0 Å². The van der Waals surface area contributed by atoms with E-state index < -0.39 is 0 Å². The Morgan fingerprint density at radius 2 is 2.24 bits per heavy atom. The molecular weight excluding hydrogens is 212 g/mol. The number of nitrogens with zero attached hydrogens (tertiary/aromatic N) is 1. The Hall–Kier alpha value is -1.61. The highest BCUT2D eigenvalue weighted by atomic mass is 16.3. The molecule has 17 heavy (non-hydrogen) atoms. The molecule has 0 amide bonds. The fourth-order valence-electron chi connectivity index (χ4n) is 1.77. The van der Waals surface area contributed by atoms with Crippen LogP contribution in [0.3, 0.4) is 0 Å². The Morgan fingerprint density at radius 3 is 2.88 bits per heavy atom. The molecule has 0 fully saturated rings. The predicted octanol–water partition coefficient (Wildman–Crippen LogP) is 2.88. The van der Waals surface area contributed by atoms with Crippen LogP contribution >= 0.6 is 0 Å². The first-order valence-electron chi connectivity index (χ1n) is 5.94. The van der Waals surface area contributed by atoms with Gasteiger partial charge in [0.15, 0.2) is 0 Å². The van der Waals surface area contributed by atoms with Crippen molar-refractivity contribution in [2.75, 3.05) is 6.54 Å². The smallest absolute Gasteiger partial charge is 0.120 e. The molecule has 1 atom stereocenters. The quantitative estimate of drug-likeness (QED) is 0.858. The van der Waals surface area contributed by atoms with E-state index in [9.17, 15) is 0 Å². The summed E-state index contributed by atoms with van der Waals surface area (Å²) in [7, 11) is 0. The summed E-state index contributed by atoms with van der Waals surface area (Å²) in [5, 5.41) is 3.44. The minimum atomic E-state index is 0.250. The average molecular weight is 230 g/mol. The summed E-state index contributed by atoms with van der Waals surface area (Å²) in [5.41, 5.74) is 1.25. The molecule has 0 aliphatic carbocycles. The normalized spacial score (nSPS) is 12.6. The minimum absolute atomic E-state index is 0.250. The molecule has 3 heteroatoms. The zero-order valence-corrected chi connectivity index (χ0v) is 10.3. The Balaban J connectivity index is 1.79. The van der Waals surface area contributed by atoms with Crippen molar-refractivity contribution >= 4 is 0 Å². The molecule has 0 radical (unpaired) electrons. The summed E-state index contributed by atoms with van der Waals surface area (Å²) in [5.74, 6) is 1.95. The molecule has 0 saturated carbocycles. The maximum Gasteiger partial charge on any atom is 0.120 e. The molecule has 1 unspecified atom stereocenters. The molecule has 0 spiro atoms. The lowest BCUT2D eigenvalue weighted by Gasteiger charge is -2.11. The lowest BCUT2D eigenvalue weighted by atomic mass is 10.2. The SMILES string of the molecule is Cc1ccc(C(C)NCCc2cccnc2)o1. The number of aryl methyl sites for hydroxylation is 1. The predicted molar refractivity (Wildman–Crippen MR) is 67.8 cm³/mol. The number of nitrogens with one attached hydrogen (secondary N) is 1. The van der Waals surface area contributed by atoms with E-state index in [1.165, 1.54) is 5.56 Å². The van der Waals surface area contributed by atoms with Gasteiger partial charge in [0, 0.05) is 12.4 Å². The molecule has 1 N–H and O–H groups in total. The summed E-state index contributed by atoms with van der Waals surface area (Å²) in [6, 6.07) is 8.33. The highest BCUT2D eigenvalue weighted by molar-refractivity contribution is 5.10. The van der Waals surface area contributed by atoms with E-state index in [4.69, 9.17) is 4.42 Å². The van der Waals surface area contributed by atoms with Crippen molar-refractivity contribution in [3.63, 3.8) is 0 Å². The molecule has 2 rings (SSSR count). The molecule has 0 bridgehead atoms. The van der Waals surface area contributed by atoms with E-state index in [0.717, 1.165) is 24.5 Å². The van der Waals surface area contributed by atoms with Crippen molar-refractivity contribution in [1.29, 1.82) is 0 Å². The number of rotatable bonds is 5. The van der Waals surface area contributed by atoms with E-state index in [1.54, 1.807) is 6.20 Å². The number of aromatic nitrogens is 1. The summed E-state index contributed by atoms with van der Waals surface area (Å²) in [6.45, 7) is 5.00. The molecule has 0 aromatic carbocycles. The van der Waals surface area contributed by atoms with E-state index in [1.807, 2.05) is 31.3 Å². The van der Waals surface area contributed by atoms with Crippen LogP contribution in [0.15, 0.2) is 41.1 Å². The number of furan rings is 1. The van der Waals surface area contributed by atoms with Crippen LogP contribution in [0, 0.1) is 6.92 Å². The van der Waals surface area contributed by atoms with Gasteiger partial charge in [-0.05, 0) is 50.6 Å². The fraction of sp³-hybridized carbons (Fsp3) is 0.357. The highest BCUT2D eigenvalue weighted by Crippen LogP contribution is 2.15. The summed E-state index contributed by atoms with van der Waals surface area (Å²) in [4.78, 5) is 4.10. The van der Waals surface area contributed by atoms with Gasteiger partial charge in [-0.25, -0.2) is 0 Å². The first kappa shape index (κ1) is 11.9. The van der Waals surface area contributed by atoms with Gasteiger partial charge >= 0.3 is 0 Å². The zero-order chi connectivity index (χ0) is 12.1. The van der Waals surface area contributed by atoms with Crippen LogP contribution in [-0.2, 0) is 6.42 Å². The largest absolute Gasteiger partial charge is 0.465 e. The van der Waals surface area contributed by atoms with Crippen LogP contribution in [0.25, 0.3) is 0 Å². The molecule has 2 heterocycles. The molecule has 2 aromatic rings. The van der Waals surface area contributed by atoms with Crippen LogP contribution in [-0.4, -0.2) is 11.5 Å². The van der Waals surface area contributed by atoms with Gasteiger partial charge < -0.3 is 9.73 Å². The lowest BCUT2D eigenvalue weighted by Crippen LogP contribution is -2.20. The van der Waals surface area contributed by atoms with Crippen molar-refractivity contribution in [1.82, 2.24) is 10.3 Å². The van der Waals surface area contributed by atoms with Gasteiger partial charge in [-0.2, -0.15) is 0 Å². The van der Waals surface area contributed by atoms with E-state index in [0.29, 0.717) is 0 Å². The maximum atomic E-state index is 5.57. The Bertz CT molecular complexity index is 450. The Morgan fingerprint density at radius 1 is 1.35 bits per heavy atom. The minimum Gasteiger partial charge on any atom is -0.465 e. The Labute approximate surface area is 102 Å². The topological polar surface area (TPSA) is 38.1 Å². The first-order valence-corrected chi connectivity index (χ1v) is 5.94. The standard InChI is InChI=1S/C14H18N2O/c1-11-5-6-14(17-11)12(2)16-9-7-13-4-3-8-15-10-13/h3-6,8,10,12,16H,7,9H2,1-2H3. The van der Waals surface area contributed by atoms with Crippen molar-refractivity contribution < 1.29 is 4.42 Å². The van der Waals surface area contributed by atoms with Crippen LogP contribution < -0.4 is 5.32 Å². The van der Waals surface area contributed by atoms with Crippen LogP contribution in [0.5, 0.6) is 0 Å². The third kappa shape index (κ3) is 3.43. The molecule has 90 valence electrons. The van der Waals surface area contributed by atoms with Crippen molar-refractivity contribution in [2.24, 2.45) is 0 Å². The van der Waals surface area contributed by atoms with Crippen LogP contribution in [0.2, 0.25) is 0 Å². The lowest BCUT2D eigenvalue weighted by molar-refractivity contribution is 0.418. The molecule has 0 aliphatic rings.